The maximum absolute atomic E-state index is 12.2. The van der Waals surface area contributed by atoms with Gasteiger partial charge in [-0.1, -0.05) is 17.7 Å². The molecule has 2 fully saturated rings. The van der Waals surface area contributed by atoms with Crippen LogP contribution in [0.15, 0.2) is 18.2 Å². The van der Waals surface area contributed by atoms with Crippen LogP contribution in [-0.4, -0.2) is 43.5 Å². The van der Waals surface area contributed by atoms with Crippen LogP contribution in [0.2, 0.25) is 5.02 Å². The minimum absolute atomic E-state index is 0.0448. The van der Waals surface area contributed by atoms with Crippen molar-refractivity contribution in [1.29, 1.82) is 0 Å². The van der Waals surface area contributed by atoms with Gasteiger partial charge in [0.2, 0.25) is 5.91 Å². The zero-order valence-corrected chi connectivity index (χ0v) is 13.2. The van der Waals surface area contributed by atoms with Crippen molar-refractivity contribution in [3.8, 4) is 0 Å². The molecule has 3 rings (SSSR count). The van der Waals surface area contributed by atoms with Gasteiger partial charge in [-0.3, -0.25) is 9.69 Å². The molecule has 0 saturated carbocycles. The lowest BCUT2D eigenvalue weighted by atomic mass is 9.87. The van der Waals surface area contributed by atoms with Gasteiger partial charge >= 0.3 is 0 Å². The van der Waals surface area contributed by atoms with Gasteiger partial charge in [-0.15, -0.1) is 0 Å². The van der Waals surface area contributed by atoms with Crippen molar-refractivity contribution >= 4 is 23.2 Å². The molecule has 0 aromatic heterocycles. The molecule has 114 valence electrons. The first-order valence-corrected chi connectivity index (χ1v) is 7.94. The molecule has 2 aliphatic rings. The molecule has 2 saturated heterocycles. The molecule has 1 atom stereocenters. The van der Waals surface area contributed by atoms with Gasteiger partial charge in [-0.25, -0.2) is 0 Å². The summed E-state index contributed by atoms with van der Waals surface area (Å²) in [6, 6.07) is 5.59. The normalized spacial score (nSPS) is 25.6. The number of hydrogen-bond acceptors (Lipinski definition) is 3. The molecule has 5 heteroatoms. The fourth-order valence-electron chi connectivity index (χ4n) is 3.44. The number of likely N-dealkylation sites (tertiary alicyclic amines) is 1. The van der Waals surface area contributed by atoms with Crippen molar-refractivity contribution in [3.63, 3.8) is 0 Å². The van der Waals surface area contributed by atoms with Gasteiger partial charge in [-0.05, 0) is 56.0 Å². The quantitative estimate of drug-likeness (QED) is 0.900. The van der Waals surface area contributed by atoms with Crippen molar-refractivity contribution in [2.24, 2.45) is 5.41 Å². The molecule has 4 nitrogen and oxygen atoms in total. The monoisotopic (exact) mass is 307 g/mol. The lowest BCUT2D eigenvalue weighted by Crippen LogP contribution is -2.34. The maximum atomic E-state index is 12.2. The molecular formula is C16H22ClN3O. The third-order valence-electron chi connectivity index (χ3n) is 4.76. The Morgan fingerprint density at radius 1 is 1.48 bits per heavy atom. The van der Waals surface area contributed by atoms with E-state index in [1.165, 1.54) is 12.8 Å². The molecular weight excluding hydrogens is 286 g/mol. The van der Waals surface area contributed by atoms with Crippen LogP contribution in [0, 0.1) is 12.3 Å². The van der Waals surface area contributed by atoms with Crippen LogP contribution in [0.3, 0.4) is 0 Å². The Labute approximate surface area is 130 Å². The fraction of sp³-hybridized carbons (Fsp3) is 0.562. The number of halogens is 1. The van der Waals surface area contributed by atoms with Crippen LogP contribution < -0.4 is 10.6 Å². The van der Waals surface area contributed by atoms with E-state index in [9.17, 15) is 4.79 Å². The minimum Gasteiger partial charge on any atom is -0.325 e. The molecule has 2 aliphatic heterocycles. The summed E-state index contributed by atoms with van der Waals surface area (Å²) in [5.74, 6) is 0.0448. The zero-order valence-electron chi connectivity index (χ0n) is 12.4. The molecule has 1 amide bonds. The maximum Gasteiger partial charge on any atom is 0.238 e. The SMILES string of the molecule is Cc1c(Cl)cccc1NC(=O)CN1CCC2(CCNC2)C1. The third-order valence-corrected chi connectivity index (χ3v) is 5.17. The lowest BCUT2D eigenvalue weighted by molar-refractivity contribution is -0.117. The summed E-state index contributed by atoms with van der Waals surface area (Å²) in [6.45, 7) is 6.65. The Kier molecular flexibility index (Phi) is 4.20. The highest BCUT2D eigenvalue weighted by Crippen LogP contribution is 2.35. The molecule has 1 spiro atoms. The van der Waals surface area contributed by atoms with Gasteiger partial charge in [0.15, 0.2) is 0 Å². The van der Waals surface area contributed by atoms with Crippen LogP contribution in [0.1, 0.15) is 18.4 Å². The van der Waals surface area contributed by atoms with Crippen molar-refractivity contribution in [3.05, 3.63) is 28.8 Å². The van der Waals surface area contributed by atoms with Crippen LogP contribution in [0.5, 0.6) is 0 Å². The van der Waals surface area contributed by atoms with Gasteiger partial charge in [0.1, 0.15) is 0 Å². The first-order valence-electron chi connectivity index (χ1n) is 7.56. The number of amides is 1. The van der Waals surface area contributed by atoms with Crippen LogP contribution in [0.4, 0.5) is 5.69 Å². The number of benzene rings is 1. The van der Waals surface area contributed by atoms with Gasteiger partial charge < -0.3 is 10.6 Å². The number of rotatable bonds is 3. The van der Waals surface area contributed by atoms with Crippen molar-refractivity contribution in [2.75, 3.05) is 38.0 Å². The molecule has 0 bridgehead atoms. The standard InChI is InChI=1S/C16H22ClN3O/c1-12-13(17)3-2-4-14(12)19-15(21)9-20-8-6-16(11-20)5-7-18-10-16/h2-4,18H,5-11H2,1H3,(H,19,21). The van der Waals surface area contributed by atoms with Crippen LogP contribution in [-0.2, 0) is 4.79 Å². The first kappa shape index (κ1) is 14.8. The topological polar surface area (TPSA) is 44.4 Å². The minimum atomic E-state index is 0.0448. The Hall–Kier alpha value is -1.10. The van der Waals surface area contributed by atoms with Crippen molar-refractivity contribution in [2.45, 2.75) is 19.8 Å². The average Bonchev–Trinajstić information content (AvgIpc) is 3.06. The predicted molar refractivity (Wildman–Crippen MR) is 85.8 cm³/mol. The molecule has 1 aromatic carbocycles. The smallest absolute Gasteiger partial charge is 0.238 e. The Morgan fingerprint density at radius 2 is 2.33 bits per heavy atom. The van der Waals surface area contributed by atoms with Gasteiger partial charge in [-0.2, -0.15) is 0 Å². The Bertz CT molecular complexity index is 540. The highest BCUT2D eigenvalue weighted by Gasteiger charge is 2.40. The van der Waals surface area contributed by atoms with Crippen LogP contribution >= 0.6 is 11.6 Å². The summed E-state index contributed by atoms with van der Waals surface area (Å²) in [6.07, 6.45) is 2.43. The summed E-state index contributed by atoms with van der Waals surface area (Å²) in [5, 5.41) is 7.10. The molecule has 1 aromatic rings. The first-order chi connectivity index (χ1) is 10.1. The van der Waals surface area contributed by atoms with Crippen molar-refractivity contribution < 1.29 is 4.79 Å². The Balaban J connectivity index is 1.56. The third kappa shape index (κ3) is 3.23. The highest BCUT2D eigenvalue weighted by atomic mass is 35.5. The van der Waals surface area contributed by atoms with E-state index in [1.54, 1.807) is 0 Å². The summed E-state index contributed by atoms with van der Waals surface area (Å²) in [7, 11) is 0. The summed E-state index contributed by atoms with van der Waals surface area (Å²) >= 11 is 6.08. The van der Waals surface area contributed by atoms with E-state index in [2.05, 4.69) is 15.5 Å². The summed E-state index contributed by atoms with van der Waals surface area (Å²) in [4.78, 5) is 14.5. The highest BCUT2D eigenvalue weighted by molar-refractivity contribution is 6.31. The van der Waals surface area contributed by atoms with E-state index in [1.807, 2.05) is 25.1 Å². The lowest BCUT2D eigenvalue weighted by Gasteiger charge is -2.22. The van der Waals surface area contributed by atoms with E-state index in [4.69, 9.17) is 11.6 Å². The molecule has 0 radical (unpaired) electrons. The largest absolute Gasteiger partial charge is 0.325 e. The van der Waals surface area contributed by atoms with E-state index in [-0.39, 0.29) is 5.91 Å². The number of nitrogens with zero attached hydrogens (tertiary/aromatic N) is 1. The molecule has 0 aliphatic carbocycles. The average molecular weight is 308 g/mol. The summed E-state index contributed by atoms with van der Waals surface area (Å²) in [5.41, 5.74) is 2.14. The second kappa shape index (κ2) is 5.95. The van der Waals surface area contributed by atoms with Gasteiger partial charge in [0.05, 0.1) is 6.54 Å². The van der Waals surface area contributed by atoms with Crippen LogP contribution in [0.25, 0.3) is 0 Å². The van der Waals surface area contributed by atoms with E-state index < -0.39 is 0 Å². The molecule has 2 N–H and O–H groups in total. The number of carbonyl (C=O) groups is 1. The number of nitrogens with one attached hydrogen (secondary N) is 2. The fourth-order valence-corrected chi connectivity index (χ4v) is 3.62. The van der Waals surface area contributed by atoms with E-state index >= 15 is 0 Å². The van der Waals surface area contributed by atoms with E-state index in [0.29, 0.717) is 17.0 Å². The molecule has 2 heterocycles. The van der Waals surface area contributed by atoms with Crippen molar-refractivity contribution in [1.82, 2.24) is 10.2 Å². The summed E-state index contributed by atoms with van der Waals surface area (Å²) < 4.78 is 0. The van der Waals surface area contributed by atoms with Gasteiger partial charge in [0.25, 0.3) is 0 Å². The second-order valence-electron chi connectivity index (χ2n) is 6.35. The predicted octanol–water partition coefficient (Wildman–Crippen LogP) is 2.27. The second-order valence-corrected chi connectivity index (χ2v) is 6.76. The Morgan fingerprint density at radius 3 is 3.10 bits per heavy atom. The molecule has 21 heavy (non-hydrogen) atoms. The number of hydrogen-bond donors (Lipinski definition) is 2. The molecule has 1 unspecified atom stereocenters. The van der Waals surface area contributed by atoms with Gasteiger partial charge in [0, 0.05) is 23.8 Å². The van der Waals surface area contributed by atoms with E-state index in [0.717, 1.165) is 37.4 Å². The zero-order chi connectivity index (χ0) is 14.9. The number of anilines is 1. The number of carbonyl (C=O) groups excluding carboxylic acids is 1.